The quantitative estimate of drug-likeness (QED) is 0.462. The molecule has 1 amide bonds. The minimum Gasteiger partial charge on any atom is -0.366 e. The van der Waals surface area contributed by atoms with Crippen molar-refractivity contribution in [1.82, 2.24) is 14.9 Å². The standard InChI is InChI=1S/C19H23N5O4/c1-13(25)21-11-14-4-3-8-23(12-14)16-6-5-15(10-17(16)24(27)28)18(26)19-20-7-9-22(19)2/h5-7,9-10,14H,3-4,8,11-12H2,1-2H3,(H,21,25). The minimum atomic E-state index is -0.456. The summed E-state index contributed by atoms with van der Waals surface area (Å²) in [5.74, 6) is 0.0195. The average molecular weight is 385 g/mol. The van der Waals surface area contributed by atoms with Gasteiger partial charge in [-0.3, -0.25) is 19.7 Å². The fraction of sp³-hybridized carbons (Fsp3) is 0.421. The van der Waals surface area contributed by atoms with Crippen LogP contribution in [0.1, 0.15) is 35.9 Å². The molecule has 1 saturated heterocycles. The highest BCUT2D eigenvalue weighted by atomic mass is 16.6. The van der Waals surface area contributed by atoms with Gasteiger partial charge in [-0.05, 0) is 30.9 Å². The summed E-state index contributed by atoms with van der Waals surface area (Å²) >= 11 is 0. The lowest BCUT2D eigenvalue weighted by atomic mass is 9.96. The molecule has 1 unspecified atom stereocenters. The second-order valence-electron chi connectivity index (χ2n) is 7.04. The highest BCUT2D eigenvalue weighted by Crippen LogP contribution is 2.33. The molecule has 1 aliphatic rings. The van der Waals surface area contributed by atoms with Crippen molar-refractivity contribution in [2.75, 3.05) is 24.5 Å². The molecule has 1 atom stereocenters. The van der Waals surface area contributed by atoms with Crippen molar-refractivity contribution >= 4 is 23.1 Å². The number of nitrogens with one attached hydrogen (secondary N) is 1. The average Bonchev–Trinajstić information content (AvgIpc) is 3.11. The van der Waals surface area contributed by atoms with Crippen LogP contribution in [0.3, 0.4) is 0 Å². The number of hydrogen-bond acceptors (Lipinski definition) is 6. The van der Waals surface area contributed by atoms with E-state index in [-0.39, 0.29) is 34.7 Å². The van der Waals surface area contributed by atoms with Crippen LogP contribution in [0.4, 0.5) is 11.4 Å². The Labute approximate surface area is 162 Å². The Bertz CT molecular complexity index is 907. The molecule has 9 heteroatoms. The van der Waals surface area contributed by atoms with Gasteiger partial charge in [0, 0.05) is 57.6 Å². The zero-order valence-corrected chi connectivity index (χ0v) is 15.9. The third kappa shape index (κ3) is 4.19. The molecule has 0 bridgehead atoms. The van der Waals surface area contributed by atoms with Crippen molar-refractivity contribution in [3.63, 3.8) is 0 Å². The van der Waals surface area contributed by atoms with Gasteiger partial charge >= 0.3 is 0 Å². The summed E-state index contributed by atoms with van der Waals surface area (Å²) in [6, 6.07) is 4.57. The molecule has 1 fully saturated rings. The minimum absolute atomic E-state index is 0.0831. The van der Waals surface area contributed by atoms with E-state index < -0.39 is 4.92 Å². The Kier molecular flexibility index (Phi) is 5.72. The molecule has 1 N–H and O–H groups in total. The van der Waals surface area contributed by atoms with Crippen molar-refractivity contribution in [2.24, 2.45) is 13.0 Å². The number of nitrogens with zero attached hydrogens (tertiary/aromatic N) is 4. The predicted octanol–water partition coefficient (Wildman–Crippen LogP) is 1.91. The lowest BCUT2D eigenvalue weighted by Crippen LogP contribution is -2.40. The van der Waals surface area contributed by atoms with Gasteiger partial charge in [-0.15, -0.1) is 0 Å². The number of carbonyl (C=O) groups excluding carboxylic acids is 2. The number of carbonyl (C=O) groups is 2. The Hall–Kier alpha value is -3.23. The Morgan fingerprint density at radius 3 is 2.82 bits per heavy atom. The summed E-state index contributed by atoms with van der Waals surface area (Å²) in [6.07, 6.45) is 5.01. The number of imidazole rings is 1. The molecular formula is C19H23N5O4. The van der Waals surface area contributed by atoms with Gasteiger partial charge in [-0.25, -0.2) is 4.98 Å². The molecule has 0 radical (unpaired) electrons. The molecule has 28 heavy (non-hydrogen) atoms. The Balaban J connectivity index is 1.85. The predicted molar refractivity (Wildman–Crippen MR) is 103 cm³/mol. The van der Waals surface area contributed by atoms with Crippen molar-refractivity contribution in [3.05, 3.63) is 52.1 Å². The Morgan fingerprint density at radius 2 is 2.18 bits per heavy atom. The number of anilines is 1. The molecule has 0 aliphatic carbocycles. The van der Waals surface area contributed by atoms with E-state index in [1.54, 1.807) is 29.9 Å². The number of ketones is 1. The van der Waals surface area contributed by atoms with Gasteiger partial charge in [0.05, 0.1) is 4.92 Å². The lowest BCUT2D eigenvalue weighted by Gasteiger charge is -2.34. The summed E-state index contributed by atoms with van der Waals surface area (Å²) in [6.45, 7) is 3.34. The zero-order chi connectivity index (χ0) is 20.3. The Morgan fingerprint density at radius 1 is 1.39 bits per heavy atom. The van der Waals surface area contributed by atoms with E-state index in [9.17, 15) is 19.7 Å². The summed E-state index contributed by atoms with van der Waals surface area (Å²) < 4.78 is 1.58. The van der Waals surface area contributed by atoms with Crippen LogP contribution in [-0.4, -0.2) is 45.8 Å². The number of nitro benzene ring substituents is 1. The third-order valence-corrected chi connectivity index (χ3v) is 4.96. The number of nitro groups is 1. The van der Waals surface area contributed by atoms with Gasteiger partial charge in [0.25, 0.3) is 5.69 Å². The molecule has 9 nitrogen and oxygen atoms in total. The van der Waals surface area contributed by atoms with Crippen molar-refractivity contribution in [3.8, 4) is 0 Å². The monoisotopic (exact) mass is 385 g/mol. The molecule has 0 saturated carbocycles. The smallest absolute Gasteiger partial charge is 0.293 e. The largest absolute Gasteiger partial charge is 0.366 e. The highest BCUT2D eigenvalue weighted by molar-refractivity contribution is 6.07. The van der Waals surface area contributed by atoms with Crippen LogP contribution in [0.15, 0.2) is 30.6 Å². The first-order valence-electron chi connectivity index (χ1n) is 9.16. The number of piperidine rings is 1. The molecule has 3 rings (SSSR count). The van der Waals surface area contributed by atoms with Gasteiger partial charge in [-0.2, -0.15) is 0 Å². The first-order chi connectivity index (χ1) is 13.4. The maximum atomic E-state index is 12.6. The highest BCUT2D eigenvalue weighted by Gasteiger charge is 2.27. The SMILES string of the molecule is CC(=O)NCC1CCCN(c2ccc(C(=O)c3nccn3C)cc2[N+](=O)[O-])C1. The van der Waals surface area contributed by atoms with Crippen LogP contribution in [0.2, 0.25) is 0 Å². The number of rotatable bonds is 6. The third-order valence-electron chi connectivity index (χ3n) is 4.96. The van der Waals surface area contributed by atoms with Gasteiger partial charge < -0.3 is 14.8 Å². The van der Waals surface area contributed by atoms with Gasteiger partial charge in [-0.1, -0.05) is 0 Å². The van der Waals surface area contributed by atoms with Gasteiger partial charge in [0.1, 0.15) is 5.69 Å². The molecule has 1 aromatic carbocycles. The van der Waals surface area contributed by atoms with Crippen LogP contribution in [0.5, 0.6) is 0 Å². The summed E-state index contributed by atoms with van der Waals surface area (Å²) in [5.41, 5.74) is 0.630. The van der Waals surface area contributed by atoms with E-state index in [1.807, 2.05) is 4.90 Å². The number of amides is 1. The maximum Gasteiger partial charge on any atom is 0.293 e. The van der Waals surface area contributed by atoms with E-state index in [0.29, 0.717) is 25.3 Å². The van der Waals surface area contributed by atoms with Crippen molar-refractivity contribution in [1.29, 1.82) is 0 Å². The van der Waals surface area contributed by atoms with Crippen LogP contribution < -0.4 is 10.2 Å². The van der Waals surface area contributed by atoms with Gasteiger partial charge in [0.2, 0.25) is 11.7 Å². The second-order valence-corrected chi connectivity index (χ2v) is 7.04. The van der Waals surface area contributed by atoms with E-state index >= 15 is 0 Å². The molecule has 1 aliphatic heterocycles. The zero-order valence-electron chi connectivity index (χ0n) is 15.9. The fourth-order valence-electron chi connectivity index (χ4n) is 3.53. The summed E-state index contributed by atoms with van der Waals surface area (Å²) in [5, 5.41) is 14.5. The van der Waals surface area contributed by atoms with Crippen LogP contribution >= 0.6 is 0 Å². The van der Waals surface area contributed by atoms with Crippen LogP contribution in [0, 0.1) is 16.0 Å². The van der Waals surface area contributed by atoms with E-state index in [0.717, 1.165) is 12.8 Å². The first kappa shape index (κ1) is 19.5. The van der Waals surface area contributed by atoms with Crippen molar-refractivity contribution in [2.45, 2.75) is 19.8 Å². The number of benzene rings is 1. The van der Waals surface area contributed by atoms with Gasteiger partial charge in [0.15, 0.2) is 5.82 Å². The normalized spacial score (nSPS) is 16.6. The molecular weight excluding hydrogens is 362 g/mol. The topological polar surface area (TPSA) is 110 Å². The van der Waals surface area contributed by atoms with Crippen LogP contribution in [0.25, 0.3) is 0 Å². The molecule has 148 valence electrons. The summed E-state index contributed by atoms with van der Waals surface area (Å²) in [4.78, 5) is 41.0. The maximum absolute atomic E-state index is 12.6. The van der Waals surface area contributed by atoms with E-state index in [4.69, 9.17) is 0 Å². The number of aryl methyl sites for hydroxylation is 1. The molecule has 0 spiro atoms. The van der Waals surface area contributed by atoms with Crippen molar-refractivity contribution < 1.29 is 14.5 Å². The number of hydrogen-bond donors (Lipinski definition) is 1. The summed E-state index contributed by atoms with van der Waals surface area (Å²) in [7, 11) is 1.70. The van der Waals surface area contributed by atoms with Crippen LogP contribution in [-0.2, 0) is 11.8 Å². The molecule has 2 aromatic rings. The number of aromatic nitrogens is 2. The lowest BCUT2D eigenvalue weighted by molar-refractivity contribution is -0.384. The molecule has 2 heterocycles. The molecule has 1 aromatic heterocycles. The van der Waals surface area contributed by atoms with E-state index in [1.165, 1.54) is 19.2 Å². The first-order valence-corrected chi connectivity index (χ1v) is 9.16. The fourth-order valence-corrected chi connectivity index (χ4v) is 3.53. The van der Waals surface area contributed by atoms with E-state index in [2.05, 4.69) is 10.3 Å². The second kappa shape index (κ2) is 8.20.